The molecular weight excluding hydrogens is 338 g/mol. The molecule has 0 atom stereocenters. The summed E-state index contributed by atoms with van der Waals surface area (Å²) in [5, 5.41) is 13.2. The van der Waals surface area contributed by atoms with E-state index in [1.54, 1.807) is 12.1 Å². The first-order valence-corrected chi connectivity index (χ1v) is 9.00. The lowest BCUT2D eigenvalue weighted by Gasteiger charge is -2.15. The third kappa shape index (κ3) is 4.47. The fraction of sp³-hybridized carbons (Fsp3) is 0.174. The van der Waals surface area contributed by atoms with E-state index in [4.69, 9.17) is 4.74 Å². The van der Waals surface area contributed by atoms with Crippen molar-refractivity contribution in [1.82, 2.24) is 0 Å². The van der Waals surface area contributed by atoms with Gasteiger partial charge in [0, 0.05) is 12.1 Å². The average Bonchev–Trinajstić information content (AvgIpc) is 2.67. The number of nitrogens with one attached hydrogen (secondary N) is 1. The summed E-state index contributed by atoms with van der Waals surface area (Å²) in [6.07, 6.45) is 0.703. The number of benzene rings is 3. The number of phenolic OH excluding ortho intramolecular Hbond substituents is 1. The minimum atomic E-state index is -0.539. The molecular formula is C23H23NO3. The zero-order valence-electron chi connectivity index (χ0n) is 15.5. The number of carbonyl (C=O) groups is 1. The first-order valence-electron chi connectivity index (χ1n) is 9.00. The van der Waals surface area contributed by atoms with Crippen molar-refractivity contribution in [1.29, 1.82) is 0 Å². The fourth-order valence-corrected chi connectivity index (χ4v) is 3.03. The van der Waals surface area contributed by atoms with Crippen molar-refractivity contribution in [3.8, 4) is 11.5 Å². The van der Waals surface area contributed by atoms with Crippen molar-refractivity contribution in [2.75, 3.05) is 5.32 Å². The van der Waals surface area contributed by atoms with Crippen molar-refractivity contribution in [3.05, 3.63) is 89.0 Å². The van der Waals surface area contributed by atoms with E-state index in [1.807, 2.05) is 68.4 Å². The largest absolute Gasteiger partial charge is 0.507 e. The van der Waals surface area contributed by atoms with Crippen LogP contribution in [-0.2, 0) is 12.8 Å². The molecule has 27 heavy (non-hydrogen) atoms. The molecule has 3 rings (SSSR count). The minimum absolute atomic E-state index is 0.307. The molecule has 138 valence electrons. The molecule has 4 nitrogen and oxygen atoms in total. The number of phenols is 1. The SMILES string of the molecule is CCc1cccc(Cc2cccc(C)c2OC(=O)Nc2ccccc2)c1O. The van der Waals surface area contributed by atoms with Gasteiger partial charge in [-0.1, -0.05) is 61.5 Å². The van der Waals surface area contributed by atoms with Gasteiger partial charge >= 0.3 is 6.09 Å². The molecule has 0 bridgehead atoms. The van der Waals surface area contributed by atoms with Crippen LogP contribution in [0.1, 0.15) is 29.2 Å². The maximum Gasteiger partial charge on any atom is 0.417 e. The van der Waals surface area contributed by atoms with Crippen molar-refractivity contribution < 1.29 is 14.6 Å². The Labute approximate surface area is 159 Å². The highest BCUT2D eigenvalue weighted by atomic mass is 16.6. The van der Waals surface area contributed by atoms with Gasteiger partial charge in [-0.3, -0.25) is 5.32 Å². The predicted octanol–water partition coefficient (Wildman–Crippen LogP) is 5.46. The molecule has 0 saturated carbocycles. The topological polar surface area (TPSA) is 58.6 Å². The van der Waals surface area contributed by atoms with Gasteiger partial charge in [0.1, 0.15) is 11.5 Å². The maximum atomic E-state index is 12.3. The van der Waals surface area contributed by atoms with Crippen LogP contribution in [0.2, 0.25) is 0 Å². The number of ether oxygens (including phenoxy) is 1. The first kappa shape index (κ1) is 18.5. The number of anilines is 1. The summed E-state index contributed by atoms with van der Waals surface area (Å²) in [6.45, 7) is 3.91. The van der Waals surface area contributed by atoms with Crippen molar-refractivity contribution in [2.24, 2.45) is 0 Å². The van der Waals surface area contributed by atoms with Gasteiger partial charge in [-0.05, 0) is 47.7 Å². The highest BCUT2D eigenvalue weighted by Gasteiger charge is 2.15. The normalized spacial score (nSPS) is 10.4. The predicted molar refractivity (Wildman–Crippen MR) is 108 cm³/mol. The van der Waals surface area contributed by atoms with E-state index in [1.165, 1.54) is 0 Å². The van der Waals surface area contributed by atoms with Crippen LogP contribution in [0.25, 0.3) is 0 Å². The van der Waals surface area contributed by atoms with Crippen molar-refractivity contribution in [3.63, 3.8) is 0 Å². The van der Waals surface area contributed by atoms with Crippen LogP contribution in [0.3, 0.4) is 0 Å². The van der Waals surface area contributed by atoms with Gasteiger partial charge in [0.15, 0.2) is 0 Å². The lowest BCUT2D eigenvalue weighted by atomic mass is 9.98. The Kier molecular flexibility index (Phi) is 5.77. The van der Waals surface area contributed by atoms with Crippen LogP contribution < -0.4 is 10.1 Å². The number of aromatic hydroxyl groups is 1. The molecule has 3 aromatic carbocycles. The Bertz CT molecular complexity index is 936. The van der Waals surface area contributed by atoms with Gasteiger partial charge in [-0.25, -0.2) is 4.79 Å². The van der Waals surface area contributed by atoms with Crippen LogP contribution in [0.5, 0.6) is 11.5 Å². The zero-order chi connectivity index (χ0) is 19.2. The lowest BCUT2D eigenvalue weighted by Crippen LogP contribution is -2.18. The van der Waals surface area contributed by atoms with Crippen LogP contribution in [0.4, 0.5) is 10.5 Å². The van der Waals surface area contributed by atoms with E-state index in [9.17, 15) is 9.90 Å². The third-order valence-electron chi connectivity index (χ3n) is 4.47. The number of amides is 1. The van der Waals surface area contributed by atoms with Gasteiger partial charge in [-0.15, -0.1) is 0 Å². The molecule has 0 radical (unpaired) electrons. The van der Waals surface area contributed by atoms with Gasteiger partial charge in [0.25, 0.3) is 0 Å². The van der Waals surface area contributed by atoms with Gasteiger partial charge in [0.05, 0.1) is 0 Å². The molecule has 0 spiro atoms. The van der Waals surface area contributed by atoms with E-state index in [0.717, 1.165) is 28.7 Å². The molecule has 2 N–H and O–H groups in total. The molecule has 0 aromatic heterocycles. The first-order chi connectivity index (χ1) is 13.1. The Hall–Kier alpha value is -3.27. The van der Waals surface area contributed by atoms with Crippen LogP contribution in [0, 0.1) is 6.92 Å². The second-order valence-electron chi connectivity index (χ2n) is 6.40. The van der Waals surface area contributed by atoms with E-state index in [2.05, 4.69) is 5.32 Å². The molecule has 1 amide bonds. The molecule has 0 saturated heterocycles. The van der Waals surface area contributed by atoms with E-state index in [-0.39, 0.29) is 0 Å². The summed E-state index contributed by atoms with van der Waals surface area (Å²) in [6, 6.07) is 20.7. The fourth-order valence-electron chi connectivity index (χ4n) is 3.03. The smallest absolute Gasteiger partial charge is 0.417 e. The summed E-state index contributed by atoms with van der Waals surface area (Å²) < 4.78 is 5.62. The molecule has 3 aromatic rings. The van der Waals surface area contributed by atoms with Crippen molar-refractivity contribution in [2.45, 2.75) is 26.7 Å². The third-order valence-corrected chi connectivity index (χ3v) is 4.47. The second-order valence-corrected chi connectivity index (χ2v) is 6.40. The molecule has 0 unspecified atom stereocenters. The number of aryl methyl sites for hydroxylation is 2. The summed E-state index contributed by atoms with van der Waals surface area (Å²) >= 11 is 0. The average molecular weight is 361 g/mol. The molecule has 0 fully saturated rings. The lowest BCUT2D eigenvalue weighted by molar-refractivity contribution is 0.214. The quantitative estimate of drug-likeness (QED) is 0.634. The monoisotopic (exact) mass is 361 g/mol. The number of hydrogen-bond acceptors (Lipinski definition) is 3. The van der Waals surface area contributed by atoms with E-state index < -0.39 is 6.09 Å². The van der Waals surface area contributed by atoms with E-state index >= 15 is 0 Å². The van der Waals surface area contributed by atoms with Gasteiger partial charge in [-0.2, -0.15) is 0 Å². The highest BCUT2D eigenvalue weighted by Crippen LogP contribution is 2.31. The van der Waals surface area contributed by atoms with Crippen molar-refractivity contribution >= 4 is 11.8 Å². The van der Waals surface area contributed by atoms with Gasteiger partial charge in [0.2, 0.25) is 0 Å². The van der Waals surface area contributed by atoms with Crippen LogP contribution >= 0.6 is 0 Å². The number of para-hydroxylation sites is 3. The summed E-state index contributed by atoms with van der Waals surface area (Å²) in [7, 11) is 0. The Balaban J connectivity index is 1.84. The van der Waals surface area contributed by atoms with E-state index in [0.29, 0.717) is 23.6 Å². The zero-order valence-corrected chi connectivity index (χ0v) is 15.5. The Morgan fingerprint density at radius 3 is 2.33 bits per heavy atom. The van der Waals surface area contributed by atoms with Gasteiger partial charge < -0.3 is 9.84 Å². The summed E-state index contributed by atoms with van der Waals surface area (Å²) in [5.74, 6) is 0.827. The molecule has 0 aliphatic rings. The number of hydrogen-bond donors (Lipinski definition) is 2. The Morgan fingerprint density at radius 1 is 0.926 bits per heavy atom. The molecule has 4 heteroatoms. The molecule has 0 heterocycles. The maximum absolute atomic E-state index is 12.3. The Morgan fingerprint density at radius 2 is 1.59 bits per heavy atom. The summed E-state index contributed by atoms with van der Waals surface area (Å²) in [4.78, 5) is 12.3. The number of rotatable bonds is 5. The molecule has 0 aliphatic carbocycles. The highest BCUT2D eigenvalue weighted by molar-refractivity contribution is 5.86. The second kappa shape index (κ2) is 8.41. The van der Waals surface area contributed by atoms with Crippen LogP contribution in [-0.4, -0.2) is 11.2 Å². The minimum Gasteiger partial charge on any atom is -0.507 e. The number of carbonyl (C=O) groups excluding carboxylic acids is 1. The molecule has 0 aliphatic heterocycles. The van der Waals surface area contributed by atoms with Crippen LogP contribution in [0.15, 0.2) is 66.7 Å². The summed E-state index contributed by atoms with van der Waals surface area (Å²) in [5.41, 5.74) is 4.10. The standard InChI is InChI=1S/C23H23NO3/c1-3-17-10-8-11-18(21(17)25)15-19-12-7-9-16(2)22(19)27-23(26)24-20-13-5-4-6-14-20/h4-14,25H,3,15H2,1-2H3,(H,24,26).